The molecule has 1 N–H and O–H groups in total. The topological polar surface area (TPSA) is 83.1 Å². The van der Waals surface area contributed by atoms with Crippen molar-refractivity contribution in [3.05, 3.63) is 33.7 Å². The van der Waals surface area contributed by atoms with E-state index in [0.29, 0.717) is 59.6 Å². The largest absolute Gasteiger partial charge is 0.490 e. The van der Waals surface area contributed by atoms with E-state index in [1.54, 1.807) is 26.0 Å². The number of ether oxygens (including phenoxy) is 4. The van der Waals surface area contributed by atoms with E-state index >= 15 is 0 Å². The summed E-state index contributed by atoms with van der Waals surface area (Å²) in [5.41, 5.74) is 1.64. The zero-order valence-electron chi connectivity index (χ0n) is 19.9. The molecule has 32 heavy (non-hydrogen) atoms. The van der Waals surface area contributed by atoms with Gasteiger partial charge in [-0.2, -0.15) is 0 Å². The van der Waals surface area contributed by atoms with E-state index in [0.717, 1.165) is 10.4 Å². The molecule has 0 spiro atoms. The zero-order valence-corrected chi connectivity index (χ0v) is 20.7. The number of thiophene rings is 1. The molecule has 0 radical (unpaired) electrons. The lowest BCUT2D eigenvalue weighted by Crippen LogP contribution is -2.17. The van der Waals surface area contributed by atoms with Crippen LogP contribution in [0.4, 0.5) is 5.00 Å². The van der Waals surface area contributed by atoms with Gasteiger partial charge in [0, 0.05) is 10.4 Å². The summed E-state index contributed by atoms with van der Waals surface area (Å²) in [6.07, 6.45) is 0.400. The van der Waals surface area contributed by atoms with Crippen LogP contribution in [-0.4, -0.2) is 37.8 Å². The molecule has 1 heterocycles. The molecule has 0 saturated heterocycles. The predicted molar refractivity (Wildman–Crippen MR) is 127 cm³/mol. The monoisotopic (exact) mass is 463 g/mol. The van der Waals surface area contributed by atoms with Gasteiger partial charge in [0.15, 0.2) is 11.5 Å². The number of aryl methyl sites for hydroxylation is 1. The minimum absolute atomic E-state index is 0.260. The number of carbonyl (C=O) groups is 2. The van der Waals surface area contributed by atoms with Gasteiger partial charge in [0.05, 0.1) is 31.5 Å². The van der Waals surface area contributed by atoms with E-state index in [-0.39, 0.29) is 12.0 Å². The molecule has 176 valence electrons. The van der Waals surface area contributed by atoms with Gasteiger partial charge in [-0.05, 0) is 65.7 Å². The third-order valence-corrected chi connectivity index (χ3v) is 5.57. The minimum atomic E-state index is -0.437. The van der Waals surface area contributed by atoms with E-state index in [4.69, 9.17) is 18.9 Å². The Morgan fingerprint density at radius 1 is 0.969 bits per heavy atom. The number of amides is 1. The van der Waals surface area contributed by atoms with Crippen molar-refractivity contribution in [2.75, 3.05) is 25.1 Å². The van der Waals surface area contributed by atoms with Gasteiger partial charge in [0.25, 0.3) is 5.91 Å². The fourth-order valence-electron chi connectivity index (χ4n) is 3.28. The first-order chi connectivity index (χ1) is 15.3. The van der Waals surface area contributed by atoms with Gasteiger partial charge in [-0.3, -0.25) is 4.79 Å². The van der Waals surface area contributed by atoms with Crippen molar-refractivity contribution in [2.24, 2.45) is 0 Å². The molecule has 0 saturated carbocycles. The molecular weight excluding hydrogens is 430 g/mol. The van der Waals surface area contributed by atoms with Crippen LogP contribution in [0.15, 0.2) is 12.1 Å². The van der Waals surface area contributed by atoms with Crippen molar-refractivity contribution in [1.82, 2.24) is 0 Å². The van der Waals surface area contributed by atoms with Crippen molar-refractivity contribution >= 4 is 28.2 Å². The molecule has 0 aliphatic carbocycles. The SMILES string of the molecule is CCOc1cc(C(=O)Nc2sc(C)c(CC)c2C(=O)OC(C)C)cc(OCC)c1OCC. The molecule has 0 aliphatic heterocycles. The average Bonchev–Trinajstić information content (AvgIpc) is 3.04. The van der Waals surface area contributed by atoms with Gasteiger partial charge in [-0.1, -0.05) is 6.92 Å². The van der Waals surface area contributed by atoms with Crippen molar-refractivity contribution < 1.29 is 28.5 Å². The molecule has 0 fully saturated rings. The summed E-state index contributed by atoms with van der Waals surface area (Å²) in [4.78, 5) is 26.9. The Hall–Kier alpha value is -2.74. The summed E-state index contributed by atoms with van der Waals surface area (Å²) in [6, 6.07) is 3.25. The molecule has 2 rings (SSSR count). The molecular formula is C24H33NO6S. The van der Waals surface area contributed by atoms with Crippen LogP contribution < -0.4 is 19.5 Å². The fraction of sp³-hybridized carbons (Fsp3) is 0.500. The number of hydrogen-bond acceptors (Lipinski definition) is 7. The van der Waals surface area contributed by atoms with Crippen molar-refractivity contribution in [2.45, 2.75) is 61.0 Å². The van der Waals surface area contributed by atoms with Gasteiger partial charge < -0.3 is 24.3 Å². The summed E-state index contributed by atoms with van der Waals surface area (Å²) in [5, 5.41) is 3.37. The van der Waals surface area contributed by atoms with E-state index in [1.807, 2.05) is 34.6 Å². The van der Waals surface area contributed by atoms with Crippen LogP contribution >= 0.6 is 11.3 Å². The molecule has 0 unspecified atom stereocenters. The maximum absolute atomic E-state index is 13.2. The highest BCUT2D eigenvalue weighted by atomic mass is 32.1. The molecule has 0 aliphatic rings. The standard InChI is InChI=1S/C24H33NO6S/c1-8-17-15(7)32-23(20(17)24(27)31-14(5)6)25-22(26)16-12-18(28-9-2)21(30-11-4)19(13-16)29-10-3/h12-14H,8-11H2,1-7H3,(H,25,26). The normalized spacial score (nSPS) is 10.8. The Bertz CT molecular complexity index is 923. The summed E-state index contributed by atoms with van der Waals surface area (Å²) >= 11 is 1.36. The summed E-state index contributed by atoms with van der Waals surface area (Å²) in [7, 11) is 0. The number of nitrogens with one attached hydrogen (secondary N) is 1. The van der Waals surface area contributed by atoms with E-state index in [2.05, 4.69) is 5.32 Å². The lowest BCUT2D eigenvalue weighted by Gasteiger charge is -2.17. The van der Waals surface area contributed by atoms with Gasteiger partial charge in [0.2, 0.25) is 5.75 Å². The molecule has 0 atom stereocenters. The molecule has 1 aromatic heterocycles. The van der Waals surface area contributed by atoms with Crippen LogP contribution in [0.25, 0.3) is 0 Å². The molecule has 2 aromatic rings. The van der Waals surface area contributed by atoms with Gasteiger partial charge in [-0.25, -0.2) is 4.79 Å². The molecule has 7 nitrogen and oxygen atoms in total. The predicted octanol–water partition coefficient (Wildman–Crippen LogP) is 5.63. The Morgan fingerprint density at radius 3 is 2.00 bits per heavy atom. The van der Waals surface area contributed by atoms with Crippen LogP contribution in [0.2, 0.25) is 0 Å². The first-order valence-electron chi connectivity index (χ1n) is 11.0. The molecule has 8 heteroatoms. The summed E-state index contributed by atoms with van der Waals surface area (Å²) in [6.45, 7) is 14.3. The second-order valence-electron chi connectivity index (χ2n) is 7.20. The summed E-state index contributed by atoms with van der Waals surface area (Å²) < 4.78 is 22.5. The highest BCUT2D eigenvalue weighted by molar-refractivity contribution is 7.16. The molecule has 1 amide bonds. The van der Waals surface area contributed by atoms with Crippen LogP contribution in [0.1, 0.15) is 72.7 Å². The van der Waals surface area contributed by atoms with Crippen molar-refractivity contribution in [1.29, 1.82) is 0 Å². The van der Waals surface area contributed by atoms with E-state index in [1.165, 1.54) is 11.3 Å². The van der Waals surface area contributed by atoms with Crippen LogP contribution in [0, 0.1) is 6.92 Å². The third-order valence-electron chi connectivity index (χ3n) is 4.51. The van der Waals surface area contributed by atoms with Crippen molar-refractivity contribution in [3.63, 3.8) is 0 Å². The molecule has 1 aromatic carbocycles. The lowest BCUT2D eigenvalue weighted by molar-refractivity contribution is 0.0378. The fourth-order valence-corrected chi connectivity index (χ4v) is 4.40. The first-order valence-corrected chi connectivity index (χ1v) is 11.8. The van der Waals surface area contributed by atoms with Gasteiger partial charge in [0.1, 0.15) is 5.00 Å². The smallest absolute Gasteiger partial charge is 0.341 e. The van der Waals surface area contributed by atoms with E-state index < -0.39 is 5.97 Å². The maximum atomic E-state index is 13.2. The van der Waals surface area contributed by atoms with Crippen LogP contribution in [0.5, 0.6) is 17.2 Å². The Morgan fingerprint density at radius 2 is 1.53 bits per heavy atom. The average molecular weight is 464 g/mol. The second-order valence-corrected chi connectivity index (χ2v) is 8.43. The first kappa shape index (κ1) is 25.5. The van der Waals surface area contributed by atoms with Gasteiger partial charge in [-0.15, -0.1) is 11.3 Å². The number of anilines is 1. The highest BCUT2D eigenvalue weighted by Gasteiger charge is 2.26. The third kappa shape index (κ3) is 5.94. The van der Waals surface area contributed by atoms with Crippen LogP contribution in [0.3, 0.4) is 0 Å². The Balaban J connectivity index is 2.47. The number of esters is 1. The van der Waals surface area contributed by atoms with Gasteiger partial charge >= 0.3 is 5.97 Å². The Kier molecular flexibility index (Phi) is 9.38. The zero-order chi connectivity index (χ0) is 23.8. The molecule has 0 bridgehead atoms. The van der Waals surface area contributed by atoms with Crippen molar-refractivity contribution in [3.8, 4) is 17.2 Å². The number of hydrogen-bond donors (Lipinski definition) is 1. The number of carbonyl (C=O) groups excluding carboxylic acids is 2. The maximum Gasteiger partial charge on any atom is 0.341 e. The highest BCUT2D eigenvalue weighted by Crippen LogP contribution is 2.40. The Labute approximate surface area is 194 Å². The number of benzene rings is 1. The minimum Gasteiger partial charge on any atom is -0.490 e. The van der Waals surface area contributed by atoms with Crippen LogP contribution in [-0.2, 0) is 11.2 Å². The second kappa shape index (κ2) is 11.8. The number of rotatable bonds is 11. The lowest BCUT2D eigenvalue weighted by atomic mass is 10.1. The summed E-state index contributed by atoms with van der Waals surface area (Å²) in [5.74, 6) is 0.517. The quantitative estimate of drug-likeness (QED) is 0.435. The van der Waals surface area contributed by atoms with E-state index in [9.17, 15) is 9.59 Å².